The molecule has 0 bridgehead atoms. The maximum absolute atomic E-state index is 2.40. The van der Waals surface area contributed by atoms with Gasteiger partial charge in [-0.1, -0.05) is 32.9 Å². The molecule has 0 N–H and O–H groups in total. The van der Waals surface area contributed by atoms with E-state index >= 15 is 0 Å². The van der Waals surface area contributed by atoms with Gasteiger partial charge in [0, 0.05) is 0 Å². The zero-order valence-electron chi connectivity index (χ0n) is 7.35. The van der Waals surface area contributed by atoms with E-state index in [-0.39, 0.29) is 0 Å². The van der Waals surface area contributed by atoms with E-state index < -0.39 is 0 Å². The number of hydrogen-bond acceptors (Lipinski definition) is 0. The second-order valence-corrected chi connectivity index (χ2v) is 3.96. The van der Waals surface area contributed by atoms with Crippen molar-refractivity contribution in [3.05, 3.63) is 12.2 Å². The molecule has 0 radical (unpaired) electrons. The van der Waals surface area contributed by atoms with Gasteiger partial charge in [0.15, 0.2) is 0 Å². The molecule has 0 saturated heterocycles. The highest BCUT2D eigenvalue weighted by molar-refractivity contribution is 5.02. The van der Waals surface area contributed by atoms with Gasteiger partial charge in [-0.3, -0.25) is 0 Å². The normalized spacial score (nSPS) is 33.2. The third-order valence-corrected chi connectivity index (χ3v) is 2.90. The van der Waals surface area contributed by atoms with Gasteiger partial charge in [0.25, 0.3) is 0 Å². The van der Waals surface area contributed by atoms with Gasteiger partial charge in [-0.05, 0) is 30.6 Å². The van der Waals surface area contributed by atoms with Crippen molar-refractivity contribution in [1.29, 1.82) is 0 Å². The molecular weight excluding hydrogens is 120 g/mol. The van der Waals surface area contributed by atoms with Crippen molar-refractivity contribution in [3.63, 3.8) is 0 Å². The van der Waals surface area contributed by atoms with Crippen molar-refractivity contribution in [2.75, 3.05) is 0 Å². The Morgan fingerprint density at radius 2 is 2.10 bits per heavy atom. The van der Waals surface area contributed by atoms with Crippen LogP contribution in [0, 0.1) is 11.3 Å². The van der Waals surface area contributed by atoms with Crippen LogP contribution in [0.25, 0.3) is 0 Å². The Kier molecular flexibility index (Phi) is 2.18. The molecule has 0 amide bonds. The van der Waals surface area contributed by atoms with Crippen LogP contribution in [0.2, 0.25) is 0 Å². The Bertz CT molecular complexity index is 133. The molecular formula is C10H18. The monoisotopic (exact) mass is 138 g/mol. The molecule has 0 aliphatic heterocycles. The first kappa shape index (κ1) is 7.84. The largest absolute Gasteiger partial charge is 0.0880 e. The van der Waals surface area contributed by atoms with Gasteiger partial charge in [-0.15, -0.1) is 0 Å². The topological polar surface area (TPSA) is 0 Å². The lowest BCUT2D eigenvalue weighted by molar-refractivity contribution is 0.259. The van der Waals surface area contributed by atoms with Crippen molar-refractivity contribution < 1.29 is 0 Å². The molecule has 0 saturated carbocycles. The van der Waals surface area contributed by atoms with E-state index in [1.54, 1.807) is 0 Å². The van der Waals surface area contributed by atoms with Crippen LogP contribution in [0.4, 0.5) is 0 Å². The maximum Gasteiger partial charge on any atom is -0.0123 e. The molecule has 58 valence electrons. The van der Waals surface area contributed by atoms with Gasteiger partial charge in [-0.25, -0.2) is 0 Å². The van der Waals surface area contributed by atoms with Crippen molar-refractivity contribution in [1.82, 2.24) is 0 Å². The van der Waals surface area contributed by atoms with Gasteiger partial charge in [0.2, 0.25) is 0 Å². The molecule has 1 unspecified atom stereocenters. The molecule has 0 heteroatoms. The molecule has 1 aliphatic carbocycles. The first-order valence-corrected chi connectivity index (χ1v) is 4.33. The highest BCUT2D eigenvalue weighted by atomic mass is 14.3. The van der Waals surface area contributed by atoms with Crippen molar-refractivity contribution in [2.45, 2.75) is 40.0 Å². The molecule has 0 aromatic heterocycles. The minimum Gasteiger partial charge on any atom is -0.0880 e. The molecule has 10 heavy (non-hydrogen) atoms. The van der Waals surface area contributed by atoms with Crippen molar-refractivity contribution >= 4 is 0 Å². The lowest BCUT2D eigenvalue weighted by Gasteiger charge is -2.32. The zero-order valence-corrected chi connectivity index (χ0v) is 7.35. The average Bonchev–Trinajstić information content (AvgIpc) is 1.89. The van der Waals surface area contributed by atoms with E-state index in [1.165, 1.54) is 19.3 Å². The van der Waals surface area contributed by atoms with Crippen LogP contribution in [0.3, 0.4) is 0 Å². The Balaban J connectivity index is 2.65. The quantitative estimate of drug-likeness (QED) is 0.487. The van der Waals surface area contributed by atoms with Crippen LogP contribution in [-0.2, 0) is 0 Å². The Hall–Kier alpha value is -0.260. The molecule has 0 nitrogen and oxygen atoms in total. The summed E-state index contributed by atoms with van der Waals surface area (Å²) in [5.41, 5.74) is 0.498. The number of hydrogen-bond donors (Lipinski definition) is 0. The third-order valence-electron chi connectivity index (χ3n) is 2.90. The molecule has 1 rings (SSSR count). The predicted molar refractivity (Wildman–Crippen MR) is 45.9 cm³/mol. The Labute approximate surface area is 64.3 Å². The minimum atomic E-state index is 0.498. The van der Waals surface area contributed by atoms with Crippen LogP contribution < -0.4 is 0 Å². The van der Waals surface area contributed by atoms with E-state index in [0.717, 1.165) is 5.92 Å². The second-order valence-electron chi connectivity index (χ2n) is 3.96. The Morgan fingerprint density at radius 3 is 2.40 bits per heavy atom. The van der Waals surface area contributed by atoms with Gasteiger partial charge in [0.1, 0.15) is 0 Å². The van der Waals surface area contributed by atoms with Crippen LogP contribution in [0.1, 0.15) is 40.0 Å². The van der Waals surface area contributed by atoms with Gasteiger partial charge >= 0.3 is 0 Å². The third kappa shape index (κ3) is 1.42. The van der Waals surface area contributed by atoms with Crippen LogP contribution in [-0.4, -0.2) is 0 Å². The van der Waals surface area contributed by atoms with Gasteiger partial charge in [-0.2, -0.15) is 0 Å². The first-order chi connectivity index (χ1) is 4.65. The lowest BCUT2D eigenvalue weighted by atomic mass is 9.73. The maximum atomic E-state index is 2.40. The highest BCUT2D eigenvalue weighted by Gasteiger charge is 2.25. The first-order valence-electron chi connectivity index (χ1n) is 4.33. The summed E-state index contributed by atoms with van der Waals surface area (Å²) in [6.07, 6.45) is 8.79. The van der Waals surface area contributed by atoms with E-state index in [9.17, 15) is 0 Å². The van der Waals surface area contributed by atoms with E-state index in [1.807, 2.05) is 0 Å². The van der Waals surface area contributed by atoms with E-state index in [0.29, 0.717) is 5.41 Å². The summed E-state index contributed by atoms with van der Waals surface area (Å²) in [4.78, 5) is 0. The fourth-order valence-electron chi connectivity index (χ4n) is 1.52. The summed E-state index contributed by atoms with van der Waals surface area (Å²) in [6.45, 7) is 7.00. The van der Waals surface area contributed by atoms with Crippen LogP contribution in [0.5, 0.6) is 0 Å². The molecule has 0 fully saturated rings. The molecule has 0 spiro atoms. The standard InChI is InChI=1S/C10H18/c1-9(2)10(3)7-5-4-6-8-10/h5,7,9H,4,6,8H2,1-3H3. The summed E-state index contributed by atoms with van der Waals surface area (Å²) < 4.78 is 0. The van der Waals surface area contributed by atoms with E-state index in [2.05, 4.69) is 32.9 Å². The summed E-state index contributed by atoms with van der Waals surface area (Å²) in [5.74, 6) is 0.795. The van der Waals surface area contributed by atoms with Crippen molar-refractivity contribution in [2.24, 2.45) is 11.3 Å². The molecule has 0 heterocycles. The van der Waals surface area contributed by atoms with Crippen LogP contribution >= 0.6 is 0 Å². The minimum absolute atomic E-state index is 0.498. The van der Waals surface area contributed by atoms with Crippen molar-refractivity contribution in [3.8, 4) is 0 Å². The number of allylic oxidation sites excluding steroid dienone is 2. The number of rotatable bonds is 1. The van der Waals surface area contributed by atoms with Gasteiger partial charge < -0.3 is 0 Å². The zero-order chi connectivity index (χ0) is 7.61. The highest BCUT2D eigenvalue weighted by Crippen LogP contribution is 2.37. The molecule has 1 aliphatic rings. The summed E-state index contributed by atoms with van der Waals surface area (Å²) in [5, 5.41) is 0. The van der Waals surface area contributed by atoms with Gasteiger partial charge in [0.05, 0.1) is 0 Å². The summed E-state index contributed by atoms with van der Waals surface area (Å²) >= 11 is 0. The Morgan fingerprint density at radius 1 is 1.40 bits per heavy atom. The lowest BCUT2D eigenvalue weighted by Crippen LogP contribution is -2.22. The second kappa shape index (κ2) is 2.77. The van der Waals surface area contributed by atoms with E-state index in [4.69, 9.17) is 0 Å². The SMILES string of the molecule is CC(C)C1(C)C=CCCC1. The average molecular weight is 138 g/mol. The predicted octanol–water partition coefficient (Wildman–Crippen LogP) is 3.39. The summed E-state index contributed by atoms with van der Waals surface area (Å²) in [6, 6.07) is 0. The fourth-order valence-corrected chi connectivity index (χ4v) is 1.52. The molecule has 0 aromatic rings. The van der Waals surface area contributed by atoms with Crippen LogP contribution in [0.15, 0.2) is 12.2 Å². The molecule has 1 atom stereocenters. The summed E-state index contributed by atoms with van der Waals surface area (Å²) in [7, 11) is 0. The molecule has 0 aromatic carbocycles. The smallest absolute Gasteiger partial charge is 0.0123 e. The fraction of sp³-hybridized carbons (Fsp3) is 0.800.